The number of halogens is 1. The highest BCUT2D eigenvalue weighted by molar-refractivity contribution is 6.31. The summed E-state index contributed by atoms with van der Waals surface area (Å²) in [4.78, 5) is 0. The van der Waals surface area contributed by atoms with Gasteiger partial charge in [0, 0.05) is 23.6 Å². The SMILES string of the molecule is CCNC(c1ccccc1Cl)C1CCOC1C. The van der Waals surface area contributed by atoms with Crippen molar-refractivity contribution in [3.63, 3.8) is 0 Å². The minimum absolute atomic E-state index is 0.297. The molecule has 3 atom stereocenters. The lowest BCUT2D eigenvalue weighted by atomic mass is 9.88. The number of hydrogen-bond acceptors (Lipinski definition) is 2. The molecule has 1 saturated heterocycles. The smallest absolute Gasteiger partial charge is 0.0594 e. The van der Waals surface area contributed by atoms with E-state index in [0.29, 0.717) is 18.1 Å². The van der Waals surface area contributed by atoms with Gasteiger partial charge >= 0.3 is 0 Å². The number of hydrogen-bond donors (Lipinski definition) is 1. The number of benzene rings is 1. The molecule has 0 bridgehead atoms. The van der Waals surface area contributed by atoms with Crippen molar-refractivity contribution in [1.82, 2.24) is 5.32 Å². The van der Waals surface area contributed by atoms with E-state index in [0.717, 1.165) is 24.6 Å². The molecule has 1 aromatic rings. The Kier molecular flexibility index (Phi) is 4.43. The van der Waals surface area contributed by atoms with Gasteiger partial charge in [0.05, 0.1) is 6.10 Å². The minimum Gasteiger partial charge on any atom is -0.378 e. The quantitative estimate of drug-likeness (QED) is 0.888. The van der Waals surface area contributed by atoms with Gasteiger partial charge in [0.1, 0.15) is 0 Å². The minimum atomic E-state index is 0.297. The molecule has 3 heteroatoms. The van der Waals surface area contributed by atoms with Gasteiger partial charge in [-0.3, -0.25) is 0 Å². The molecule has 0 spiro atoms. The molecule has 0 radical (unpaired) electrons. The predicted molar refractivity (Wildman–Crippen MR) is 71.4 cm³/mol. The summed E-state index contributed by atoms with van der Waals surface area (Å²) in [5.41, 5.74) is 1.19. The van der Waals surface area contributed by atoms with Gasteiger partial charge in [0.25, 0.3) is 0 Å². The van der Waals surface area contributed by atoms with Crippen molar-refractivity contribution in [3.8, 4) is 0 Å². The molecule has 1 heterocycles. The molecule has 1 N–H and O–H groups in total. The van der Waals surface area contributed by atoms with E-state index in [1.165, 1.54) is 5.56 Å². The molecule has 1 aliphatic heterocycles. The average molecular weight is 254 g/mol. The lowest BCUT2D eigenvalue weighted by Crippen LogP contribution is -2.32. The van der Waals surface area contributed by atoms with E-state index in [4.69, 9.17) is 16.3 Å². The highest BCUT2D eigenvalue weighted by atomic mass is 35.5. The maximum atomic E-state index is 6.30. The molecule has 0 saturated carbocycles. The molecular formula is C14H20ClNO. The topological polar surface area (TPSA) is 21.3 Å². The van der Waals surface area contributed by atoms with E-state index in [1.807, 2.05) is 18.2 Å². The standard InChI is InChI=1S/C14H20ClNO/c1-3-16-14(11-8-9-17-10(11)2)12-6-4-5-7-13(12)15/h4-7,10-11,14,16H,3,8-9H2,1-2H3. The molecule has 1 aliphatic rings. The Balaban J connectivity index is 2.25. The van der Waals surface area contributed by atoms with E-state index in [9.17, 15) is 0 Å². The number of rotatable bonds is 4. The first kappa shape index (κ1) is 12.9. The highest BCUT2D eigenvalue weighted by Crippen LogP contribution is 2.35. The fourth-order valence-corrected chi connectivity index (χ4v) is 2.88. The third-order valence-corrected chi connectivity index (χ3v) is 3.87. The summed E-state index contributed by atoms with van der Waals surface area (Å²) in [6, 6.07) is 8.39. The van der Waals surface area contributed by atoms with Crippen LogP contribution in [0.15, 0.2) is 24.3 Å². The van der Waals surface area contributed by atoms with Gasteiger partial charge in [-0.15, -0.1) is 0 Å². The Morgan fingerprint density at radius 1 is 1.47 bits per heavy atom. The first-order valence-corrected chi connectivity index (χ1v) is 6.71. The molecule has 0 aliphatic carbocycles. The highest BCUT2D eigenvalue weighted by Gasteiger charge is 2.33. The van der Waals surface area contributed by atoms with Crippen molar-refractivity contribution in [2.24, 2.45) is 5.92 Å². The molecular weight excluding hydrogens is 234 g/mol. The third kappa shape index (κ3) is 2.82. The van der Waals surface area contributed by atoms with Crippen molar-refractivity contribution in [3.05, 3.63) is 34.9 Å². The largest absolute Gasteiger partial charge is 0.378 e. The van der Waals surface area contributed by atoms with Crippen molar-refractivity contribution >= 4 is 11.6 Å². The summed E-state index contributed by atoms with van der Waals surface area (Å²) in [6.45, 7) is 6.08. The lowest BCUT2D eigenvalue weighted by molar-refractivity contribution is 0.0956. The first-order valence-electron chi connectivity index (χ1n) is 6.33. The molecule has 2 nitrogen and oxygen atoms in total. The summed E-state index contributed by atoms with van der Waals surface area (Å²) in [6.07, 6.45) is 1.40. The molecule has 1 aromatic carbocycles. The Hall–Kier alpha value is -0.570. The molecule has 2 rings (SSSR count). The monoisotopic (exact) mass is 253 g/mol. The second kappa shape index (κ2) is 5.85. The zero-order chi connectivity index (χ0) is 12.3. The van der Waals surface area contributed by atoms with Crippen LogP contribution in [-0.4, -0.2) is 19.3 Å². The van der Waals surface area contributed by atoms with Crippen LogP contribution in [0.25, 0.3) is 0 Å². The van der Waals surface area contributed by atoms with E-state index in [-0.39, 0.29) is 0 Å². The van der Waals surface area contributed by atoms with E-state index in [2.05, 4.69) is 25.2 Å². The second-order valence-electron chi connectivity index (χ2n) is 4.59. The van der Waals surface area contributed by atoms with E-state index < -0.39 is 0 Å². The Bertz CT molecular complexity index is 369. The Morgan fingerprint density at radius 3 is 2.82 bits per heavy atom. The first-order chi connectivity index (χ1) is 8.24. The van der Waals surface area contributed by atoms with Gasteiger partial charge in [-0.05, 0) is 31.5 Å². The van der Waals surface area contributed by atoms with Crippen LogP contribution in [0.4, 0.5) is 0 Å². The summed E-state index contributed by atoms with van der Waals surface area (Å²) >= 11 is 6.30. The normalized spacial score (nSPS) is 26.1. The van der Waals surface area contributed by atoms with Crippen LogP contribution in [0.2, 0.25) is 5.02 Å². The molecule has 94 valence electrons. The summed E-state index contributed by atoms with van der Waals surface area (Å²) < 4.78 is 5.67. The molecule has 0 aromatic heterocycles. The lowest BCUT2D eigenvalue weighted by Gasteiger charge is -2.27. The van der Waals surface area contributed by atoms with Gasteiger partial charge in [0.2, 0.25) is 0 Å². The summed E-state index contributed by atoms with van der Waals surface area (Å²) in [5.74, 6) is 0.509. The van der Waals surface area contributed by atoms with Gasteiger partial charge < -0.3 is 10.1 Å². The van der Waals surface area contributed by atoms with Crippen LogP contribution < -0.4 is 5.32 Å². The van der Waals surface area contributed by atoms with Gasteiger partial charge in [-0.1, -0.05) is 36.7 Å². The van der Waals surface area contributed by atoms with Gasteiger partial charge in [-0.2, -0.15) is 0 Å². The van der Waals surface area contributed by atoms with E-state index >= 15 is 0 Å². The van der Waals surface area contributed by atoms with Crippen molar-refractivity contribution in [2.45, 2.75) is 32.4 Å². The van der Waals surface area contributed by atoms with Gasteiger partial charge in [-0.25, -0.2) is 0 Å². The third-order valence-electron chi connectivity index (χ3n) is 3.53. The van der Waals surface area contributed by atoms with Crippen LogP contribution in [-0.2, 0) is 4.74 Å². The maximum Gasteiger partial charge on any atom is 0.0594 e. The summed E-state index contributed by atoms with van der Waals surface area (Å²) in [5, 5.41) is 4.39. The predicted octanol–water partition coefficient (Wildman–Crippen LogP) is 3.42. The van der Waals surface area contributed by atoms with Crippen LogP contribution in [0, 0.1) is 5.92 Å². The zero-order valence-corrected chi connectivity index (χ0v) is 11.2. The number of ether oxygens (including phenoxy) is 1. The van der Waals surface area contributed by atoms with Crippen molar-refractivity contribution in [2.75, 3.05) is 13.2 Å². The maximum absolute atomic E-state index is 6.30. The van der Waals surface area contributed by atoms with Crippen LogP contribution >= 0.6 is 11.6 Å². The molecule has 0 amide bonds. The van der Waals surface area contributed by atoms with Crippen LogP contribution in [0.3, 0.4) is 0 Å². The Morgan fingerprint density at radius 2 is 2.24 bits per heavy atom. The average Bonchev–Trinajstić information content (AvgIpc) is 2.74. The fourth-order valence-electron chi connectivity index (χ4n) is 2.63. The summed E-state index contributed by atoms with van der Waals surface area (Å²) in [7, 11) is 0. The zero-order valence-electron chi connectivity index (χ0n) is 10.4. The van der Waals surface area contributed by atoms with Gasteiger partial charge in [0.15, 0.2) is 0 Å². The molecule has 17 heavy (non-hydrogen) atoms. The fraction of sp³-hybridized carbons (Fsp3) is 0.571. The van der Waals surface area contributed by atoms with Crippen molar-refractivity contribution < 1.29 is 4.74 Å². The second-order valence-corrected chi connectivity index (χ2v) is 4.99. The van der Waals surface area contributed by atoms with Crippen LogP contribution in [0.1, 0.15) is 31.9 Å². The number of nitrogens with one attached hydrogen (secondary N) is 1. The Labute approximate surface area is 108 Å². The molecule has 3 unspecified atom stereocenters. The van der Waals surface area contributed by atoms with Crippen molar-refractivity contribution in [1.29, 1.82) is 0 Å². The van der Waals surface area contributed by atoms with E-state index in [1.54, 1.807) is 0 Å². The van der Waals surface area contributed by atoms with Crippen LogP contribution in [0.5, 0.6) is 0 Å². The molecule has 1 fully saturated rings.